The van der Waals surface area contributed by atoms with E-state index in [4.69, 9.17) is 0 Å². The minimum atomic E-state index is -0.0749. The number of hydrogen-bond acceptors (Lipinski definition) is 2. The van der Waals surface area contributed by atoms with E-state index in [0.29, 0.717) is 0 Å². The molecule has 2 aromatic carbocycles. The van der Waals surface area contributed by atoms with Crippen LogP contribution in [0.2, 0.25) is 0 Å². The summed E-state index contributed by atoms with van der Waals surface area (Å²) in [7, 11) is 2.14. The molecule has 0 N–H and O–H groups in total. The van der Waals surface area contributed by atoms with Crippen molar-refractivity contribution in [3.05, 3.63) is 54.4 Å². The summed E-state index contributed by atoms with van der Waals surface area (Å²) in [6.07, 6.45) is 4.37. The van der Waals surface area contributed by atoms with Gasteiger partial charge in [0.15, 0.2) is 0 Å². The first-order chi connectivity index (χ1) is 11.5. The predicted octanol–water partition coefficient (Wildman–Crippen LogP) is 5.08. The number of fused-ring (bicyclic) bond motifs is 3. The van der Waals surface area contributed by atoms with Crippen molar-refractivity contribution in [2.75, 3.05) is 11.9 Å². The van der Waals surface area contributed by atoms with Crippen LogP contribution in [0.4, 0.5) is 5.69 Å². The molecular weight excluding hydrogens is 294 g/mol. The van der Waals surface area contributed by atoms with Crippen molar-refractivity contribution in [2.45, 2.75) is 39.9 Å². The van der Waals surface area contributed by atoms with Gasteiger partial charge in [-0.05, 0) is 45.4 Å². The number of rotatable bonds is 2. The molecule has 1 aliphatic rings. The summed E-state index contributed by atoms with van der Waals surface area (Å²) in [5.41, 5.74) is 5.19. The van der Waals surface area contributed by atoms with Gasteiger partial charge >= 0.3 is 0 Å². The summed E-state index contributed by atoms with van der Waals surface area (Å²) in [6, 6.07) is 13.3. The monoisotopic (exact) mass is 319 g/mol. The quantitative estimate of drug-likeness (QED) is 0.652. The Morgan fingerprint density at radius 1 is 0.958 bits per heavy atom. The zero-order valence-corrected chi connectivity index (χ0v) is 15.2. The first kappa shape index (κ1) is 15.1. The van der Waals surface area contributed by atoms with Crippen molar-refractivity contribution >= 4 is 27.5 Å². The molecule has 4 rings (SSSR count). The number of anilines is 1. The summed E-state index contributed by atoms with van der Waals surface area (Å²) in [5, 5.41) is 2.70. The van der Waals surface area contributed by atoms with Gasteiger partial charge in [-0.25, -0.2) is 0 Å². The Morgan fingerprint density at radius 2 is 1.71 bits per heavy atom. The Hall–Kier alpha value is -2.42. The lowest BCUT2D eigenvalue weighted by molar-refractivity contribution is 0.253. The topological polar surface area (TPSA) is 11.4 Å². The molecule has 0 aliphatic carbocycles. The van der Waals surface area contributed by atoms with Crippen LogP contribution in [0.1, 0.15) is 26.3 Å². The Kier molecular flexibility index (Phi) is 3.17. The lowest BCUT2D eigenvalue weighted by Crippen LogP contribution is -2.46. The van der Waals surface area contributed by atoms with Crippen LogP contribution < -0.4 is 4.90 Å². The van der Waals surface area contributed by atoms with Crippen LogP contribution in [-0.4, -0.2) is 22.2 Å². The SMILES string of the molecule is CCn1c2ccccc2c2c(N3C=CN(C)C3(C)C)c(C)ccc21. The standard InChI is InChI=1S/C21H25N3/c1-6-23-17-10-8-7-9-16(17)19-18(23)12-11-15(2)20(19)24-14-13-22(5)21(24,3)4/h7-14H,6H2,1-5H3. The summed E-state index contributed by atoms with van der Waals surface area (Å²) >= 11 is 0. The molecular formula is C21H25N3. The Balaban J connectivity index is 2.13. The van der Waals surface area contributed by atoms with E-state index < -0.39 is 0 Å². The molecule has 0 atom stereocenters. The van der Waals surface area contributed by atoms with E-state index in [1.54, 1.807) is 0 Å². The summed E-state index contributed by atoms with van der Waals surface area (Å²) in [4.78, 5) is 4.68. The molecule has 0 fully saturated rings. The van der Waals surface area contributed by atoms with Gasteiger partial charge in [-0.15, -0.1) is 0 Å². The van der Waals surface area contributed by atoms with Gasteiger partial charge in [-0.3, -0.25) is 0 Å². The van der Waals surface area contributed by atoms with Gasteiger partial charge < -0.3 is 14.4 Å². The fourth-order valence-electron chi connectivity index (χ4n) is 3.93. The summed E-state index contributed by atoms with van der Waals surface area (Å²) in [6.45, 7) is 9.95. The van der Waals surface area contributed by atoms with Gasteiger partial charge in [0.25, 0.3) is 0 Å². The van der Waals surface area contributed by atoms with Crippen LogP contribution in [0.15, 0.2) is 48.8 Å². The van der Waals surface area contributed by atoms with Crippen LogP contribution in [0, 0.1) is 6.92 Å². The minimum absolute atomic E-state index is 0.0749. The van der Waals surface area contributed by atoms with E-state index in [2.05, 4.69) is 97.9 Å². The third-order valence-corrected chi connectivity index (χ3v) is 5.56. The van der Waals surface area contributed by atoms with Crippen LogP contribution in [-0.2, 0) is 6.54 Å². The number of benzene rings is 2. The van der Waals surface area contributed by atoms with E-state index in [-0.39, 0.29) is 5.66 Å². The van der Waals surface area contributed by atoms with Crippen molar-refractivity contribution in [1.82, 2.24) is 9.47 Å². The summed E-state index contributed by atoms with van der Waals surface area (Å²) in [5.74, 6) is 0. The molecule has 24 heavy (non-hydrogen) atoms. The molecule has 1 aromatic heterocycles. The van der Waals surface area contributed by atoms with Crippen LogP contribution >= 0.6 is 0 Å². The van der Waals surface area contributed by atoms with Crippen molar-refractivity contribution in [1.29, 1.82) is 0 Å². The zero-order valence-electron chi connectivity index (χ0n) is 15.2. The summed E-state index contributed by atoms with van der Waals surface area (Å²) < 4.78 is 2.42. The van der Waals surface area contributed by atoms with Gasteiger partial charge in [0, 0.05) is 42.3 Å². The number of aromatic nitrogens is 1. The second kappa shape index (κ2) is 5.04. The van der Waals surface area contributed by atoms with Gasteiger partial charge in [-0.1, -0.05) is 24.3 Å². The van der Waals surface area contributed by atoms with Crippen LogP contribution in [0.5, 0.6) is 0 Å². The van der Waals surface area contributed by atoms with Crippen molar-refractivity contribution in [2.24, 2.45) is 0 Å². The molecule has 0 amide bonds. The van der Waals surface area contributed by atoms with Crippen molar-refractivity contribution in [3.63, 3.8) is 0 Å². The highest BCUT2D eigenvalue weighted by Crippen LogP contribution is 2.42. The molecule has 3 aromatic rings. The largest absolute Gasteiger partial charge is 0.357 e. The molecule has 0 saturated heterocycles. The maximum atomic E-state index is 2.42. The van der Waals surface area contributed by atoms with E-state index in [9.17, 15) is 0 Å². The van der Waals surface area contributed by atoms with Gasteiger partial charge in [-0.2, -0.15) is 0 Å². The lowest BCUT2D eigenvalue weighted by Gasteiger charge is -2.39. The van der Waals surface area contributed by atoms with Crippen LogP contribution in [0.25, 0.3) is 21.8 Å². The van der Waals surface area contributed by atoms with E-state index in [1.807, 2.05) is 0 Å². The highest BCUT2D eigenvalue weighted by molar-refractivity contribution is 6.15. The molecule has 3 nitrogen and oxygen atoms in total. The molecule has 0 radical (unpaired) electrons. The van der Waals surface area contributed by atoms with E-state index >= 15 is 0 Å². The maximum absolute atomic E-state index is 2.42. The Morgan fingerprint density at radius 3 is 2.38 bits per heavy atom. The fraction of sp³-hybridized carbons (Fsp3) is 0.333. The second-order valence-electron chi connectivity index (χ2n) is 7.16. The first-order valence-electron chi connectivity index (χ1n) is 8.68. The second-order valence-corrected chi connectivity index (χ2v) is 7.16. The smallest absolute Gasteiger partial charge is 0.110 e. The highest BCUT2D eigenvalue weighted by Gasteiger charge is 2.35. The third kappa shape index (κ3) is 1.84. The van der Waals surface area contributed by atoms with Gasteiger partial charge in [0.1, 0.15) is 5.66 Å². The van der Waals surface area contributed by atoms with E-state index in [1.165, 1.54) is 33.1 Å². The highest BCUT2D eigenvalue weighted by atomic mass is 15.4. The van der Waals surface area contributed by atoms with Gasteiger partial charge in [0.2, 0.25) is 0 Å². The molecule has 124 valence electrons. The van der Waals surface area contributed by atoms with Crippen molar-refractivity contribution < 1.29 is 0 Å². The predicted molar refractivity (Wildman–Crippen MR) is 103 cm³/mol. The fourth-order valence-corrected chi connectivity index (χ4v) is 3.93. The maximum Gasteiger partial charge on any atom is 0.110 e. The molecule has 0 spiro atoms. The Labute approximate surface area is 143 Å². The molecule has 0 bridgehead atoms. The third-order valence-electron chi connectivity index (χ3n) is 5.56. The Bertz CT molecular complexity index is 962. The molecule has 2 heterocycles. The minimum Gasteiger partial charge on any atom is -0.357 e. The molecule has 1 aliphatic heterocycles. The molecule has 0 unspecified atom stereocenters. The zero-order chi connectivity index (χ0) is 17.1. The number of nitrogens with zero attached hydrogens (tertiary/aromatic N) is 3. The van der Waals surface area contributed by atoms with Crippen LogP contribution in [0.3, 0.4) is 0 Å². The van der Waals surface area contributed by atoms with Gasteiger partial charge in [0.05, 0.1) is 11.2 Å². The van der Waals surface area contributed by atoms with Crippen molar-refractivity contribution in [3.8, 4) is 0 Å². The normalized spacial score (nSPS) is 16.7. The number of hydrogen-bond donors (Lipinski definition) is 0. The molecule has 3 heteroatoms. The molecule has 0 saturated carbocycles. The average Bonchev–Trinajstić information content (AvgIpc) is 3.03. The van der Waals surface area contributed by atoms with E-state index in [0.717, 1.165) is 6.54 Å². The number of aryl methyl sites for hydroxylation is 2. The first-order valence-corrected chi connectivity index (χ1v) is 8.68. The lowest BCUT2D eigenvalue weighted by atomic mass is 10.0. The number of para-hydroxylation sites is 1. The average molecular weight is 319 g/mol.